The lowest BCUT2D eigenvalue weighted by molar-refractivity contribution is -0.141. The highest BCUT2D eigenvalue weighted by molar-refractivity contribution is 5.88. The molecule has 0 amide bonds. The zero-order valence-electron chi connectivity index (χ0n) is 18.8. The van der Waals surface area contributed by atoms with Gasteiger partial charge in [0, 0.05) is 12.2 Å². The fourth-order valence-corrected chi connectivity index (χ4v) is 3.73. The number of aliphatic hydroxyl groups is 2. The van der Waals surface area contributed by atoms with Crippen molar-refractivity contribution in [3.63, 3.8) is 0 Å². The second-order valence-electron chi connectivity index (χ2n) is 8.88. The Morgan fingerprint density at radius 1 is 0.966 bits per heavy atom. The Balaban J connectivity index is 4.97. The van der Waals surface area contributed by atoms with Gasteiger partial charge in [-0.2, -0.15) is 0 Å². The number of carboxylic acid groups (broad SMARTS) is 2. The third-order valence-corrected chi connectivity index (χ3v) is 5.47. The van der Waals surface area contributed by atoms with E-state index in [1.165, 1.54) is 6.92 Å². The highest BCUT2D eigenvalue weighted by Crippen LogP contribution is 2.26. The summed E-state index contributed by atoms with van der Waals surface area (Å²) in [6.07, 6.45) is 5.71. The molecule has 0 fully saturated rings. The van der Waals surface area contributed by atoms with Gasteiger partial charge in [-0.3, -0.25) is 4.79 Å². The quantitative estimate of drug-likeness (QED) is 0.252. The molecule has 168 valence electrons. The molecule has 6 atom stereocenters. The van der Waals surface area contributed by atoms with E-state index in [2.05, 4.69) is 6.92 Å². The molecule has 0 bridgehead atoms. The summed E-state index contributed by atoms with van der Waals surface area (Å²) in [6, 6.07) is 0. The predicted molar refractivity (Wildman–Crippen MR) is 114 cm³/mol. The van der Waals surface area contributed by atoms with E-state index >= 15 is 0 Å². The number of allylic oxidation sites excluding steroid dienone is 3. The van der Waals surface area contributed by atoms with Gasteiger partial charge in [0.25, 0.3) is 0 Å². The van der Waals surface area contributed by atoms with E-state index in [0.717, 1.165) is 24.8 Å². The van der Waals surface area contributed by atoms with Crippen LogP contribution in [0.1, 0.15) is 67.2 Å². The summed E-state index contributed by atoms with van der Waals surface area (Å²) in [5, 5.41) is 37.8. The molecule has 6 heteroatoms. The van der Waals surface area contributed by atoms with Gasteiger partial charge in [-0.1, -0.05) is 39.3 Å². The van der Waals surface area contributed by atoms with Gasteiger partial charge in [0.05, 0.1) is 12.0 Å². The first-order valence-electron chi connectivity index (χ1n) is 10.5. The standard InChI is InChI=1S/C23H40O6/c1-14(9-20(13-24)10-16(3)8-17(4)19(6)25)7-15(2)11-21(23(28)29)12-18(5)22(26)27/h7,11,14,16-20,24-25H,8-10,12-13H2,1-6H3,(H,26,27)(H,28,29)/b15-7+,21-11-. The molecule has 0 saturated heterocycles. The summed E-state index contributed by atoms with van der Waals surface area (Å²) in [5.41, 5.74) is 0.861. The molecule has 6 nitrogen and oxygen atoms in total. The summed E-state index contributed by atoms with van der Waals surface area (Å²) in [7, 11) is 0. The molecule has 0 saturated carbocycles. The van der Waals surface area contributed by atoms with Crippen molar-refractivity contribution >= 4 is 11.9 Å². The molecule has 0 aromatic heterocycles. The smallest absolute Gasteiger partial charge is 0.331 e. The van der Waals surface area contributed by atoms with Gasteiger partial charge in [0.2, 0.25) is 0 Å². The van der Waals surface area contributed by atoms with E-state index in [0.29, 0.717) is 5.92 Å². The van der Waals surface area contributed by atoms with Gasteiger partial charge in [0.15, 0.2) is 0 Å². The highest BCUT2D eigenvalue weighted by Gasteiger charge is 2.20. The first-order valence-corrected chi connectivity index (χ1v) is 10.5. The molecule has 0 aromatic carbocycles. The van der Waals surface area contributed by atoms with Crippen LogP contribution < -0.4 is 0 Å². The minimum Gasteiger partial charge on any atom is -0.481 e. The zero-order valence-corrected chi connectivity index (χ0v) is 18.8. The van der Waals surface area contributed by atoms with Crippen LogP contribution in [0, 0.1) is 29.6 Å². The van der Waals surface area contributed by atoms with Gasteiger partial charge < -0.3 is 20.4 Å². The summed E-state index contributed by atoms with van der Waals surface area (Å²) in [4.78, 5) is 22.4. The summed E-state index contributed by atoms with van der Waals surface area (Å²) in [5.74, 6) is -1.98. The first kappa shape index (κ1) is 27.3. The average Bonchev–Trinajstić information content (AvgIpc) is 2.59. The predicted octanol–water partition coefficient (Wildman–Crippen LogP) is 4.12. The molecule has 0 heterocycles. The van der Waals surface area contributed by atoms with Crippen LogP contribution in [0.15, 0.2) is 23.3 Å². The number of carbonyl (C=O) groups is 2. The fraction of sp³-hybridized carbons (Fsp3) is 0.739. The van der Waals surface area contributed by atoms with Crippen molar-refractivity contribution in [2.24, 2.45) is 29.6 Å². The molecule has 0 spiro atoms. The fourth-order valence-electron chi connectivity index (χ4n) is 3.73. The van der Waals surface area contributed by atoms with Gasteiger partial charge in [-0.05, 0) is 69.3 Å². The van der Waals surface area contributed by atoms with Crippen LogP contribution >= 0.6 is 0 Å². The van der Waals surface area contributed by atoms with E-state index in [9.17, 15) is 24.9 Å². The molecular weight excluding hydrogens is 372 g/mol. The summed E-state index contributed by atoms with van der Waals surface area (Å²) >= 11 is 0. The summed E-state index contributed by atoms with van der Waals surface area (Å²) in [6.45, 7) is 11.4. The average molecular weight is 413 g/mol. The monoisotopic (exact) mass is 412 g/mol. The van der Waals surface area contributed by atoms with Crippen molar-refractivity contribution in [2.75, 3.05) is 6.61 Å². The number of carboxylic acids is 2. The van der Waals surface area contributed by atoms with Gasteiger partial charge >= 0.3 is 11.9 Å². The molecule has 0 aliphatic carbocycles. The highest BCUT2D eigenvalue weighted by atomic mass is 16.4. The maximum atomic E-state index is 11.4. The molecule has 0 aliphatic heterocycles. The zero-order chi connectivity index (χ0) is 22.7. The van der Waals surface area contributed by atoms with Crippen LogP contribution in [-0.4, -0.2) is 45.1 Å². The SMILES string of the molecule is CC(/C=C(/CC(C)C(=O)O)C(=O)O)=C\C(C)CC(CO)CC(C)CC(C)C(C)O. The minimum absolute atomic E-state index is 0.0253. The van der Waals surface area contributed by atoms with E-state index in [-0.39, 0.29) is 42.5 Å². The van der Waals surface area contributed by atoms with Crippen molar-refractivity contribution in [1.82, 2.24) is 0 Å². The van der Waals surface area contributed by atoms with Crippen LogP contribution in [0.4, 0.5) is 0 Å². The normalized spacial score (nSPS) is 19.2. The molecule has 29 heavy (non-hydrogen) atoms. The molecule has 0 rings (SSSR count). The maximum absolute atomic E-state index is 11.4. The number of aliphatic carboxylic acids is 2. The number of rotatable bonds is 14. The van der Waals surface area contributed by atoms with E-state index in [1.807, 2.05) is 26.8 Å². The van der Waals surface area contributed by atoms with Crippen LogP contribution in [0.25, 0.3) is 0 Å². The van der Waals surface area contributed by atoms with Gasteiger partial charge in [-0.15, -0.1) is 0 Å². The van der Waals surface area contributed by atoms with Crippen LogP contribution in [-0.2, 0) is 9.59 Å². The number of hydrogen-bond donors (Lipinski definition) is 4. The van der Waals surface area contributed by atoms with Crippen LogP contribution in [0.5, 0.6) is 0 Å². The first-order chi connectivity index (χ1) is 13.4. The lowest BCUT2D eigenvalue weighted by atomic mass is 9.83. The Labute approximate surface area is 175 Å². The Kier molecular flexibility index (Phi) is 12.8. The second-order valence-corrected chi connectivity index (χ2v) is 8.88. The van der Waals surface area contributed by atoms with Crippen molar-refractivity contribution in [2.45, 2.75) is 73.3 Å². The van der Waals surface area contributed by atoms with E-state index < -0.39 is 17.9 Å². The molecule has 0 radical (unpaired) electrons. The number of aliphatic hydroxyl groups excluding tert-OH is 2. The van der Waals surface area contributed by atoms with Crippen molar-refractivity contribution in [3.8, 4) is 0 Å². The van der Waals surface area contributed by atoms with Crippen molar-refractivity contribution in [3.05, 3.63) is 23.3 Å². The molecule has 0 aliphatic rings. The summed E-state index contributed by atoms with van der Waals surface area (Å²) < 4.78 is 0. The molecule has 6 unspecified atom stereocenters. The lowest BCUT2D eigenvalue weighted by Gasteiger charge is -2.24. The van der Waals surface area contributed by atoms with Crippen LogP contribution in [0.3, 0.4) is 0 Å². The molecule has 0 aromatic rings. The third-order valence-electron chi connectivity index (χ3n) is 5.47. The van der Waals surface area contributed by atoms with Gasteiger partial charge in [-0.25, -0.2) is 4.79 Å². The topological polar surface area (TPSA) is 115 Å². The third kappa shape index (κ3) is 11.8. The molecular formula is C23H40O6. The Morgan fingerprint density at radius 3 is 2.00 bits per heavy atom. The maximum Gasteiger partial charge on any atom is 0.331 e. The van der Waals surface area contributed by atoms with E-state index in [4.69, 9.17) is 5.11 Å². The Hall–Kier alpha value is -1.66. The van der Waals surface area contributed by atoms with Crippen LogP contribution in [0.2, 0.25) is 0 Å². The minimum atomic E-state index is -1.10. The lowest BCUT2D eigenvalue weighted by Crippen LogP contribution is -2.19. The van der Waals surface area contributed by atoms with Gasteiger partial charge in [0.1, 0.15) is 0 Å². The largest absolute Gasteiger partial charge is 0.481 e. The van der Waals surface area contributed by atoms with Crippen molar-refractivity contribution in [1.29, 1.82) is 0 Å². The van der Waals surface area contributed by atoms with E-state index in [1.54, 1.807) is 13.0 Å². The van der Waals surface area contributed by atoms with Crippen molar-refractivity contribution < 1.29 is 30.0 Å². The Morgan fingerprint density at radius 2 is 1.55 bits per heavy atom. The Bertz CT molecular complexity index is 578. The second kappa shape index (κ2) is 13.5. The molecule has 4 N–H and O–H groups in total. The number of hydrogen-bond acceptors (Lipinski definition) is 4.